The molecule has 0 saturated carbocycles. The highest BCUT2D eigenvalue weighted by atomic mass is 16.4. The second kappa shape index (κ2) is 3.58. The van der Waals surface area contributed by atoms with Crippen LogP contribution in [0.5, 0.6) is 0 Å². The van der Waals surface area contributed by atoms with E-state index in [1.807, 2.05) is 5.32 Å². The third kappa shape index (κ3) is 2.13. The zero-order valence-corrected chi connectivity index (χ0v) is 5.83. The Bertz CT molecular complexity index is 269. The van der Waals surface area contributed by atoms with E-state index in [1.165, 1.54) is 0 Å². The number of nitrogens with one attached hydrogen (secondary N) is 1. The zero-order chi connectivity index (χ0) is 8.43. The minimum absolute atomic E-state index is 0. The van der Waals surface area contributed by atoms with Crippen molar-refractivity contribution >= 4 is 23.6 Å². The summed E-state index contributed by atoms with van der Waals surface area (Å²) >= 11 is 0. The van der Waals surface area contributed by atoms with E-state index in [4.69, 9.17) is 5.11 Å². The van der Waals surface area contributed by atoms with Crippen LogP contribution in [0.2, 0.25) is 0 Å². The summed E-state index contributed by atoms with van der Waals surface area (Å²) in [6, 6.07) is -0.918. The topological polar surface area (TPSA) is 127 Å². The summed E-state index contributed by atoms with van der Waals surface area (Å²) in [4.78, 5) is 34.2. The number of rotatable bonds is 1. The van der Waals surface area contributed by atoms with Crippen LogP contribution in [0.4, 0.5) is 4.79 Å². The van der Waals surface area contributed by atoms with E-state index in [0.29, 0.717) is 0 Å². The van der Waals surface area contributed by atoms with Crippen LogP contribution in [-0.2, 0) is 9.59 Å². The smallest absolute Gasteiger partial charge is 0.350 e. The summed E-state index contributed by atoms with van der Waals surface area (Å²) in [5.74, 6) is -1.98. The van der Waals surface area contributed by atoms with Crippen molar-refractivity contribution in [1.82, 2.24) is 5.32 Å². The molecule has 0 spiro atoms. The van der Waals surface area contributed by atoms with E-state index < -0.39 is 23.6 Å². The van der Waals surface area contributed by atoms with Gasteiger partial charge in [-0.2, -0.15) is 4.99 Å². The van der Waals surface area contributed by atoms with E-state index in [-0.39, 0.29) is 11.9 Å². The summed E-state index contributed by atoms with van der Waals surface area (Å²) in [5, 5.41) is 10.1. The molecule has 0 aliphatic carbocycles. The molecule has 0 atom stereocenters. The summed E-state index contributed by atoms with van der Waals surface area (Å²) < 4.78 is 0. The predicted molar refractivity (Wildman–Crippen MR) is 36.8 cm³/mol. The molecule has 0 unspecified atom stereocenters. The average Bonchev–Trinajstić information content (AvgIpc) is 1.85. The maximum absolute atomic E-state index is 10.5. The molecule has 1 rings (SSSR count). The molecule has 7 nitrogen and oxygen atoms in total. The molecule has 4 N–H and O–H groups in total. The first-order chi connectivity index (χ1) is 5.09. The molecule has 12 heavy (non-hydrogen) atoms. The van der Waals surface area contributed by atoms with Crippen LogP contribution in [0.15, 0.2) is 4.99 Å². The molecule has 1 heterocycles. The first-order valence-electron chi connectivity index (χ1n) is 2.74. The van der Waals surface area contributed by atoms with Gasteiger partial charge in [0, 0.05) is 0 Å². The number of urea groups is 1. The van der Waals surface area contributed by atoms with Gasteiger partial charge >= 0.3 is 12.0 Å². The summed E-state index contributed by atoms with van der Waals surface area (Å²) in [7, 11) is 0. The second-order valence-electron chi connectivity index (χ2n) is 1.89. The van der Waals surface area contributed by atoms with E-state index >= 15 is 0 Å². The van der Waals surface area contributed by atoms with Crippen LogP contribution in [0.1, 0.15) is 6.42 Å². The van der Waals surface area contributed by atoms with Gasteiger partial charge in [0.2, 0.25) is 5.91 Å². The molecule has 0 saturated heterocycles. The molecule has 0 radical (unpaired) electrons. The third-order valence-corrected chi connectivity index (χ3v) is 1.06. The van der Waals surface area contributed by atoms with E-state index in [2.05, 4.69) is 4.99 Å². The van der Waals surface area contributed by atoms with Crippen molar-refractivity contribution in [1.29, 1.82) is 0 Å². The zero-order valence-electron chi connectivity index (χ0n) is 5.83. The molecular weight excluding hydrogens is 168 g/mol. The number of hydrogen-bond donors (Lipinski definition) is 2. The molecule has 1 aliphatic heterocycles. The molecule has 3 amide bonds. The fourth-order valence-electron chi connectivity index (χ4n) is 0.629. The lowest BCUT2D eigenvalue weighted by atomic mass is 10.2. The molecule has 7 heteroatoms. The lowest BCUT2D eigenvalue weighted by molar-refractivity contribution is -0.130. The number of imide groups is 1. The largest absolute Gasteiger partial charge is 0.477 e. The highest BCUT2D eigenvalue weighted by Gasteiger charge is 2.22. The molecule has 0 bridgehead atoms. The van der Waals surface area contributed by atoms with Gasteiger partial charge in [0.15, 0.2) is 0 Å². The van der Waals surface area contributed by atoms with Gasteiger partial charge in [-0.25, -0.2) is 9.59 Å². The normalized spacial score (nSPS) is 15.8. The molecule has 0 aromatic heterocycles. The van der Waals surface area contributed by atoms with Gasteiger partial charge in [-0.1, -0.05) is 0 Å². The molecule has 0 fully saturated rings. The summed E-state index contributed by atoms with van der Waals surface area (Å²) in [6.07, 6.45) is -0.346. The van der Waals surface area contributed by atoms with Crippen molar-refractivity contribution in [3.63, 3.8) is 0 Å². The number of amides is 3. The SMILES string of the molecule is O.O=C1CC(C(=O)O)=NC(=O)N1. The first kappa shape index (κ1) is 10.2. The highest BCUT2D eigenvalue weighted by Crippen LogP contribution is 1.95. The number of carbonyl (C=O) groups is 3. The Balaban J connectivity index is 0.00000121. The number of hydrogen-bond acceptors (Lipinski definition) is 3. The Labute approximate surface area is 66.4 Å². The average molecular weight is 174 g/mol. The fraction of sp³-hybridized carbons (Fsp3) is 0.200. The first-order valence-corrected chi connectivity index (χ1v) is 2.74. The Kier molecular flexibility index (Phi) is 3.05. The molecule has 66 valence electrons. The van der Waals surface area contributed by atoms with Gasteiger partial charge in [0.1, 0.15) is 5.71 Å². The van der Waals surface area contributed by atoms with Crippen molar-refractivity contribution in [3.8, 4) is 0 Å². The van der Waals surface area contributed by atoms with Crippen molar-refractivity contribution in [2.75, 3.05) is 0 Å². The number of carbonyl (C=O) groups excluding carboxylic acids is 2. The van der Waals surface area contributed by atoms with Gasteiger partial charge < -0.3 is 10.6 Å². The third-order valence-electron chi connectivity index (χ3n) is 1.06. The van der Waals surface area contributed by atoms with Crippen molar-refractivity contribution < 1.29 is 25.0 Å². The summed E-state index contributed by atoms with van der Waals surface area (Å²) in [5.41, 5.74) is -0.418. The number of aliphatic imine (C=N–C) groups is 1. The van der Waals surface area contributed by atoms with Crippen LogP contribution in [0.3, 0.4) is 0 Å². The van der Waals surface area contributed by atoms with Gasteiger partial charge in [-0.3, -0.25) is 10.1 Å². The quantitative estimate of drug-likeness (QED) is 0.492. The Hall–Kier alpha value is -1.76. The highest BCUT2D eigenvalue weighted by molar-refractivity contribution is 6.42. The van der Waals surface area contributed by atoms with Crippen LogP contribution in [-0.4, -0.2) is 34.2 Å². The van der Waals surface area contributed by atoms with Crippen LogP contribution >= 0.6 is 0 Å². The molecule has 1 aliphatic rings. The van der Waals surface area contributed by atoms with Crippen LogP contribution in [0.25, 0.3) is 0 Å². The Morgan fingerprint density at radius 2 is 2.08 bits per heavy atom. The minimum Gasteiger partial charge on any atom is -0.477 e. The number of aliphatic carboxylic acids is 1. The maximum Gasteiger partial charge on any atom is 0.350 e. The maximum atomic E-state index is 10.5. The standard InChI is InChI=1S/C5H4N2O4.H2O/c8-3-1-2(4(9)10)6-5(11)7-3;/h1H2,(H,9,10)(H,7,8,11);1H2. The lowest BCUT2D eigenvalue weighted by Gasteiger charge is -2.06. The van der Waals surface area contributed by atoms with Crippen molar-refractivity contribution in [2.45, 2.75) is 6.42 Å². The van der Waals surface area contributed by atoms with Crippen molar-refractivity contribution in [2.24, 2.45) is 4.99 Å². The Morgan fingerprint density at radius 1 is 1.50 bits per heavy atom. The van der Waals surface area contributed by atoms with Crippen molar-refractivity contribution in [3.05, 3.63) is 0 Å². The Morgan fingerprint density at radius 3 is 2.50 bits per heavy atom. The monoisotopic (exact) mass is 174 g/mol. The van der Waals surface area contributed by atoms with Gasteiger partial charge in [-0.05, 0) is 0 Å². The van der Waals surface area contributed by atoms with Gasteiger partial charge in [-0.15, -0.1) is 0 Å². The van der Waals surface area contributed by atoms with E-state index in [0.717, 1.165) is 0 Å². The van der Waals surface area contributed by atoms with Gasteiger partial charge in [0.25, 0.3) is 0 Å². The molecule has 0 aromatic rings. The number of nitrogens with zero attached hydrogens (tertiary/aromatic N) is 1. The van der Waals surface area contributed by atoms with E-state index in [1.54, 1.807) is 0 Å². The van der Waals surface area contributed by atoms with E-state index in [9.17, 15) is 14.4 Å². The lowest BCUT2D eigenvalue weighted by Crippen LogP contribution is -2.37. The molecular formula is C5H6N2O5. The fourth-order valence-corrected chi connectivity index (χ4v) is 0.629. The number of carboxylic acid groups (broad SMARTS) is 1. The second-order valence-corrected chi connectivity index (χ2v) is 1.89. The number of carboxylic acids is 1. The predicted octanol–water partition coefficient (Wildman–Crippen LogP) is -1.67. The van der Waals surface area contributed by atoms with Crippen LogP contribution in [0, 0.1) is 0 Å². The summed E-state index contributed by atoms with van der Waals surface area (Å²) in [6.45, 7) is 0. The van der Waals surface area contributed by atoms with Crippen LogP contribution < -0.4 is 5.32 Å². The van der Waals surface area contributed by atoms with Gasteiger partial charge in [0.05, 0.1) is 6.42 Å². The molecule has 0 aromatic carbocycles. The minimum atomic E-state index is -1.34.